The van der Waals surface area contributed by atoms with E-state index in [1.165, 1.54) is 13.0 Å². The van der Waals surface area contributed by atoms with Crippen LogP contribution in [0.25, 0.3) is 0 Å². The van der Waals surface area contributed by atoms with Crippen molar-refractivity contribution in [3.05, 3.63) is 30.1 Å². The highest BCUT2D eigenvalue weighted by atomic mass is 19.1. The number of carbonyl (C=O) groups excluding carboxylic acids is 2. The lowest BCUT2D eigenvalue weighted by Crippen LogP contribution is -2.48. The lowest BCUT2D eigenvalue weighted by Gasteiger charge is -2.36. The van der Waals surface area contributed by atoms with E-state index in [0.717, 1.165) is 32.4 Å². The number of nitrogens with one attached hydrogen (secondary N) is 1. The van der Waals surface area contributed by atoms with Gasteiger partial charge in [-0.05, 0) is 43.9 Å². The molecule has 0 radical (unpaired) electrons. The number of hydrogen-bond donors (Lipinski definition) is 1. The number of carbonyl (C=O) groups is 2. The van der Waals surface area contributed by atoms with Crippen LogP contribution in [-0.2, 0) is 9.59 Å². The first-order valence-electron chi connectivity index (χ1n) is 8.60. The highest BCUT2D eigenvalue weighted by Crippen LogP contribution is 2.29. The summed E-state index contributed by atoms with van der Waals surface area (Å²) in [5.74, 6) is -0.0123. The van der Waals surface area contributed by atoms with Gasteiger partial charge in [0.2, 0.25) is 11.8 Å². The van der Waals surface area contributed by atoms with Gasteiger partial charge in [-0.2, -0.15) is 0 Å². The molecule has 3 rings (SSSR count). The third kappa shape index (κ3) is 3.59. The molecule has 2 aliphatic rings. The van der Waals surface area contributed by atoms with E-state index in [-0.39, 0.29) is 23.7 Å². The van der Waals surface area contributed by atoms with Gasteiger partial charge < -0.3 is 10.2 Å². The van der Waals surface area contributed by atoms with Crippen molar-refractivity contribution in [2.75, 3.05) is 31.1 Å². The van der Waals surface area contributed by atoms with Crippen molar-refractivity contribution in [3.63, 3.8) is 0 Å². The molecule has 2 saturated heterocycles. The fourth-order valence-electron chi connectivity index (χ4n) is 3.75. The van der Waals surface area contributed by atoms with Crippen molar-refractivity contribution < 1.29 is 14.0 Å². The molecule has 0 aliphatic carbocycles. The predicted molar refractivity (Wildman–Crippen MR) is 90.1 cm³/mol. The molecule has 0 saturated carbocycles. The van der Waals surface area contributed by atoms with Crippen LogP contribution in [0.4, 0.5) is 10.1 Å². The van der Waals surface area contributed by atoms with Crippen molar-refractivity contribution in [2.45, 2.75) is 32.2 Å². The summed E-state index contributed by atoms with van der Waals surface area (Å²) in [4.78, 5) is 27.6. The number of likely N-dealkylation sites (tertiary alicyclic amines) is 1. The maximum absolute atomic E-state index is 14.0. The predicted octanol–water partition coefficient (Wildman–Crippen LogP) is 1.78. The Morgan fingerprint density at radius 2 is 2.08 bits per heavy atom. The number of para-hydroxylation sites is 1. The number of hydrogen-bond acceptors (Lipinski definition) is 3. The van der Waals surface area contributed by atoms with Gasteiger partial charge in [-0.25, -0.2) is 4.39 Å². The molecule has 2 fully saturated rings. The average molecular weight is 333 g/mol. The Labute approximate surface area is 141 Å². The van der Waals surface area contributed by atoms with Crippen LogP contribution in [0.2, 0.25) is 0 Å². The van der Waals surface area contributed by atoms with Crippen LogP contribution in [0.15, 0.2) is 24.3 Å². The lowest BCUT2D eigenvalue weighted by atomic mass is 9.96. The standard InChI is InChI=1S/C18H24FN3O2/c1-13(23)20-11-14-5-4-9-21(12-14)17-8-10-22(18(17)24)16-7-3-2-6-15(16)19/h2-3,6-7,14,17H,4-5,8-12H2,1H3,(H,20,23). The van der Waals surface area contributed by atoms with Crippen molar-refractivity contribution in [2.24, 2.45) is 5.92 Å². The SMILES string of the molecule is CC(=O)NCC1CCCN(C2CCN(c3ccccc3F)C2=O)C1. The van der Waals surface area contributed by atoms with Crippen LogP contribution in [0.5, 0.6) is 0 Å². The van der Waals surface area contributed by atoms with Crippen LogP contribution in [-0.4, -0.2) is 48.9 Å². The van der Waals surface area contributed by atoms with E-state index in [1.54, 1.807) is 23.1 Å². The molecule has 2 heterocycles. The zero-order valence-corrected chi connectivity index (χ0v) is 14.0. The van der Waals surface area contributed by atoms with E-state index in [4.69, 9.17) is 0 Å². The van der Waals surface area contributed by atoms with Gasteiger partial charge in [-0.1, -0.05) is 12.1 Å². The van der Waals surface area contributed by atoms with Crippen LogP contribution in [0.3, 0.4) is 0 Å². The number of halogens is 1. The van der Waals surface area contributed by atoms with Crippen LogP contribution >= 0.6 is 0 Å². The molecule has 0 aromatic heterocycles. The molecule has 1 N–H and O–H groups in total. The maximum atomic E-state index is 14.0. The molecule has 2 aliphatic heterocycles. The van der Waals surface area contributed by atoms with Gasteiger partial charge in [0.15, 0.2) is 0 Å². The van der Waals surface area contributed by atoms with Gasteiger partial charge in [0.1, 0.15) is 5.82 Å². The van der Waals surface area contributed by atoms with Crippen molar-refractivity contribution in [3.8, 4) is 0 Å². The number of anilines is 1. The Morgan fingerprint density at radius 1 is 1.29 bits per heavy atom. The van der Waals surface area contributed by atoms with Gasteiger partial charge in [0.25, 0.3) is 0 Å². The van der Waals surface area contributed by atoms with E-state index >= 15 is 0 Å². The summed E-state index contributed by atoms with van der Waals surface area (Å²) in [7, 11) is 0. The minimum Gasteiger partial charge on any atom is -0.356 e. The second kappa shape index (κ2) is 7.30. The molecular weight excluding hydrogens is 309 g/mol. The number of benzene rings is 1. The van der Waals surface area contributed by atoms with Crippen LogP contribution in [0, 0.1) is 11.7 Å². The average Bonchev–Trinajstić information content (AvgIpc) is 2.95. The molecule has 2 atom stereocenters. The normalized spacial score (nSPS) is 25.1. The second-order valence-electron chi connectivity index (χ2n) is 6.69. The summed E-state index contributed by atoms with van der Waals surface area (Å²) in [6.07, 6.45) is 2.81. The van der Waals surface area contributed by atoms with Crippen LogP contribution in [0.1, 0.15) is 26.2 Å². The van der Waals surface area contributed by atoms with Crippen LogP contribution < -0.4 is 10.2 Å². The largest absolute Gasteiger partial charge is 0.356 e. The highest BCUT2D eigenvalue weighted by molar-refractivity contribution is 5.99. The molecule has 24 heavy (non-hydrogen) atoms. The molecule has 1 aromatic rings. The van der Waals surface area contributed by atoms with Crippen molar-refractivity contribution in [1.29, 1.82) is 0 Å². The highest BCUT2D eigenvalue weighted by Gasteiger charge is 2.39. The molecule has 6 heteroatoms. The molecule has 2 amide bonds. The fraction of sp³-hybridized carbons (Fsp3) is 0.556. The van der Waals surface area contributed by atoms with Gasteiger partial charge >= 0.3 is 0 Å². The minimum absolute atomic E-state index is 0.0136. The quantitative estimate of drug-likeness (QED) is 0.914. The molecule has 1 aromatic carbocycles. The first-order chi connectivity index (χ1) is 11.6. The summed E-state index contributed by atoms with van der Waals surface area (Å²) in [6.45, 7) is 4.42. The topological polar surface area (TPSA) is 52.7 Å². The minimum atomic E-state index is -0.353. The Hall–Kier alpha value is -1.95. The number of amides is 2. The van der Waals surface area contributed by atoms with Gasteiger partial charge in [-0.3, -0.25) is 14.5 Å². The third-order valence-corrected chi connectivity index (χ3v) is 4.95. The van der Waals surface area contributed by atoms with E-state index in [9.17, 15) is 14.0 Å². The summed E-state index contributed by atoms with van der Waals surface area (Å²) in [6, 6.07) is 6.26. The summed E-state index contributed by atoms with van der Waals surface area (Å²) >= 11 is 0. The number of piperidine rings is 1. The Balaban J connectivity index is 1.64. The lowest BCUT2D eigenvalue weighted by molar-refractivity contribution is -0.123. The Morgan fingerprint density at radius 3 is 2.83 bits per heavy atom. The zero-order chi connectivity index (χ0) is 17.1. The molecule has 2 unspecified atom stereocenters. The van der Waals surface area contributed by atoms with E-state index < -0.39 is 0 Å². The van der Waals surface area contributed by atoms with Gasteiger partial charge in [-0.15, -0.1) is 0 Å². The van der Waals surface area contributed by atoms with E-state index in [0.29, 0.717) is 24.7 Å². The first-order valence-corrected chi connectivity index (χ1v) is 8.60. The van der Waals surface area contributed by atoms with Gasteiger partial charge in [0.05, 0.1) is 11.7 Å². The third-order valence-electron chi connectivity index (χ3n) is 4.95. The summed E-state index contributed by atoms with van der Waals surface area (Å²) < 4.78 is 14.0. The molecule has 0 bridgehead atoms. The number of rotatable bonds is 4. The summed E-state index contributed by atoms with van der Waals surface area (Å²) in [5, 5.41) is 2.87. The molecule has 130 valence electrons. The summed E-state index contributed by atoms with van der Waals surface area (Å²) in [5.41, 5.74) is 0.372. The zero-order valence-electron chi connectivity index (χ0n) is 14.0. The molecular formula is C18H24FN3O2. The smallest absolute Gasteiger partial charge is 0.244 e. The van der Waals surface area contributed by atoms with E-state index in [2.05, 4.69) is 10.2 Å². The monoisotopic (exact) mass is 333 g/mol. The Bertz CT molecular complexity index is 622. The van der Waals surface area contributed by atoms with Crippen molar-refractivity contribution >= 4 is 17.5 Å². The Kier molecular flexibility index (Phi) is 5.14. The molecule has 0 spiro atoms. The number of nitrogens with zero attached hydrogens (tertiary/aromatic N) is 2. The molecule has 5 nitrogen and oxygen atoms in total. The van der Waals surface area contributed by atoms with Crippen molar-refractivity contribution in [1.82, 2.24) is 10.2 Å². The van der Waals surface area contributed by atoms with Gasteiger partial charge in [0, 0.05) is 26.6 Å². The van der Waals surface area contributed by atoms with E-state index in [1.807, 2.05) is 0 Å². The fourth-order valence-corrected chi connectivity index (χ4v) is 3.75. The maximum Gasteiger partial charge on any atom is 0.244 e. The first kappa shape index (κ1) is 16.9. The second-order valence-corrected chi connectivity index (χ2v) is 6.69.